The van der Waals surface area contributed by atoms with E-state index in [2.05, 4.69) is 19.2 Å². The second-order valence-corrected chi connectivity index (χ2v) is 4.96. The Morgan fingerprint density at radius 2 is 2.11 bits per heavy atom. The highest BCUT2D eigenvalue weighted by atomic mass is 19.4. The van der Waals surface area contributed by atoms with Crippen LogP contribution in [0.5, 0.6) is 5.75 Å². The number of rotatable bonds is 2. The fraction of sp³-hybridized carbons (Fsp3) is 0.538. The van der Waals surface area contributed by atoms with Gasteiger partial charge in [0.15, 0.2) is 0 Å². The summed E-state index contributed by atoms with van der Waals surface area (Å²) in [6.45, 7) is 4.76. The van der Waals surface area contributed by atoms with Crippen LogP contribution in [-0.2, 0) is 6.18 Å². The molecule has 1 aromatic rings. The van der Waals surface area contributed by atoms with Crippen molar-refractivity contribution in [2.24, 2.45) is 5.92 Å². The fourth-order valence-electron chi connectivity index (χ4n) is 2.04. The van der Waals surface area contributed by atoms with Crippen molar-refractivity contribution in [3.63, 3.8) is 0 Å². The van der Waals surface area contributed by atoms with Gasteiger partial charge in [-0.05, 0) is 30.5 Å². The summed E-state index contributed by atoms with van der Waals surface area (Å²) < 4.78 is 43.4. The van der Waals surface area contributed by atoms with Gasteiger partial charge in [-0.25, -0.2) is 0 Å². The van der Waals surface area contributed by atoms with E-state index in [9.17, 15) is 13.2 Å². The number of hydrogen-bond acceptors (Lipinski definition) is 2. The molecule has 0 bridgehead atoms. The van der Waals surface area contributed by atoms with Crippen LogP contribution >= 0.6 is 0 Å². The average molecular weight is 259 g/mol. The van der Waals surface area contributed by atoms with Gasteiger partial charge in [-0.1, -0.05) is 13.8 Å². The molecule has 1 unspecified atom stereocenters. The number of ether oxygens (including phenoxy) is 1. The summed E-state index contributed by atoms with van der Waals surface area (Å²) >= 11 is 0. The summed E-state index contributed by atoms with van der Waals surface area (Å²) in [5.41, 5.74) is -0.0451. The molecular weight excluding hydrogens is 243 g/mol. The van der Waals surface area contributed by atoms with Crippen LogP contribution in [0.2, 0.25) is 0 Å². The van der Waals surface area contributed by atoms with Gasteiger partial charge in [0, 0.05) is 0 Å². The third-order valence-electron chi connectivity index (χ3n) is 2.86. The normalized spacial score (nSPS) is 19.1. The minimum absolute atomic E-state index is 0.0685. The van der Waals surface area contributed by atoms with Crippen LogP contribution in [0.25, 0.3) is 0 Å². The van der Waals surface area contributed by atoms with Crippen molar-refractivity contribution in [2.75, 3.05) is 11.9 Å². The second-order valence-electron chi connectivity index (χ2n) is 4.96. The Labute approximate surface area is 104 Å². The maximum atomic E-state index is 12.6. The predicted octanol–water partition coefficient (Wildman–Crippen LogP) is 3.92. The van der Waals surface area contributed by atoms with E-state index in [1.165, 1.54) is 6.07 Å². The average Bonchev–Trinajstić information content (AvgIpc) is 2.26. The maximum Gasteiger partial charge on any atom is 0.416 e. The van der Waals surface area contributed by atoms with Crippen molar-refractivity contribution in [3.05, 3.63) is 23.8 Å². The number of hydrogen-bond donors (Lipinski definition) is 1. The maximum absolute atomic E-state index is 12.6. The van der Waals surface area contributed by atoms with Crippen LogP contribution in [0, 0.1) is 5.92 Å². The number of nitrogens with one attached hydrogen (secondary N) is 1. The Morgan fingerprint density at radius 3 is 2.72 bits per heavy atom. The topological polar surface area (TPSA) is 21.3 Å². The highest BCUT2D eigenvalue weighted by Crippen LogP contribution is 2.37. The van der Waals surface area contributed by atoms with Crippen LogP contribution in [-0.4, -0.2) is 12.6 Å². The molecule has 0 spiro atoms. The molecule has 100 valence electrons. The molecular formula is C13H16F3NO. The first-order valence-electron chi connectivity index (χ1n) is 5.98. The monoisotopic (exact) mass is 259 g/mol. The molecule has 1 aromatic carbocycles. The number of benzene rings is 1. The summed E-state index contributed by atoms with van der Waals surface area (Å²) in [4.78, 5) is 0. The minimum atomic E-state index is -4.33. The molecule has 0 aliphatic carbocycles. The lowest BCUT2D eigenvalue weighted by Gasteiger charge is -2.29. The number of halogens is 3. The van der Waals surface area contributed by atoms with Gasteiger partial charge in [-0.3, -0.25) is 0 Å². The molecule has 2 rings (SSSR count). The SMILES string of the molecule is CC(C)CC1CNc2ccc(C(F)(F)F)cc2O1. The van der Waals surface area contributed by atoms with Gasteiger partial charge in [0.2, 0.25) is 0 Å². The molecule has 0 saturated carbocycles. The van der Waals surface area contributed by atoms with Gasteiger partial charge < -0.3 is 10.1 Å². The van der Waals surface area contributed by atoms with Gasteiger partial charge in [-0.2, -0.15) is 13.2 Å². The molecule has 1 aliphatic rings. The smallest absolute Gasteiger partial charge is 0.416 e. The molecule has 1 N–H and O–H groups in total. The Bertz CT molecular complexity index is 429. The summed E-state index contributed by atoms with van der Waals surface area (Å²) in [6.07, 6.45) is -3.58. The van der Waals surface area contributed by atoms with E-state index in [4.69, 9.17) is 4.74 Å². The first kappa shape index (κ1) is 13.1. The zero-order chi connectivity index (χ0) is 13.3. The molecule has 0 fully saturated rings. The van der Waals surface area contributed by atoms with Gasteiger partial charge >= 0.3 is 6.18 Å². The summed E-state index contributed by atoms with van der Waals surface area (Å²) in [6, 6.07) is 3.55. The van der Waals surface area contributed by atoms with E-state index < -0.39 is 11.7 Å². The quantitative estimate of drug-likeness (QED) is 0.869. The molecule has 18 heavy (non-hydrogen) atoms. The second kappa shape index (κ2) is 4.71. The van der Waals surface area contributed by atoms with E-state index in [-0.39, 0.29) is 6.10 Å². The van der Waals surface area contributed by atoms with Crippen molar-refractivity contribution >= 4 is 5.69 Å². The number of anilines is 1. The zero-order valence-electron chi connectivity index (χ0n) is 10.3. The van der Waals surface area contributed by atoms with Crippen LogP contribution in [0.1, 0.15) is 25.8 Å². The molecule has 1 heterocycles. The van der Waals surface area contributed by atoms with Gasteiger partial charge in [0.05, 0.1) is 17.8 Å². The van der Waals surface area contributed by atoms with E-state index in [1.54, 1.807) is 0 Å². The van der Waals surface area contributed by atoms with E-state index >= 15 is 0 Å². The molecule has 1 atom stereocenters. The Balaban J connectivity index is 2.19. The predicted molar refractivity (Wildman–Crippen MR) is 63.8 cm³/mol. The largest absolute Gasteiger partial charge is 0.486 e. The molecule has 0 aromatic heterocycles. The van der Waals surface area contributed by atoms with Crippen molar-refractivity contribution in [3.8, 4) is 5.75 Å². The summed E-state index contributed by atoms with van der Waals surface area (Å²) in [7, 11) is 0. The van der Waals surface area contributed by atoms with Crippen LogP contribution in [0.3, 0.4) is 0 Å². The minimum Gasteiger partial charge on any atom is -0.486 e. The van der Waals surface area contributed by atoms with E-state index in [0.717, 1.165) is 18.6 Å². The third kappa shape index (κ3) is 2.89. The van der Waals surface area contributed by atoms with Crippen LogP contribution in [0.15, 0.2) is 18.2 Å². The molecule has 2 nitrogen and oxygen atoms in total. The molecule has 5 heteroatoms. The Hall–Kier alpha value is -1.39. The van der Waals surface area contributed by atoms with Crippen molar-refractivity contribution in [1.29, 1.82) is 0 Å². The molecule has 0 saturated heterocycles. The first-order valence-corrected chi connectivity index (χ1v) is 5.98. The van der Waals surface area contributed by atoms with E-state index in [1.807, 2.05) is 0 Å². The number of fused-ring (bicyclic) bond motifs is 1. The fourth-order valence-corrected chi connectivity index (χ4v) is 2.04. The Morgan fingerprint density at radius 1 is 1.39 bits per heavy atom. The van der Waals surface area contributed by atoms with Crippen molar-refractivity contribution in [2.45, 2.75) is 32.5 Å². The number of alkyl halides is 3. The molecule has 1 aliphatic heterocycles. The van der Waals surface area contributed by atoms with Gasteiger partial charge in [0.1, 0.15) is 11.9 Å². The lowest BCUT2D eigenvalue weighted by molar-refractivity contribution is -0.137. The third-order valence-corrected chi connectivity index (χ3v) is 2.86. The Kier molecular flexibility index (Phi) is 3.41. The summed E-state index contributed by atoms with van der Waals surface area (Å²) in [5.74, 6) is 0.742. The molecule has 0 radical (unpaired) electrons. The van der Waals surface area contributed by atoms with Crippen LogP contribution < -0.4 is 10.1 Å². The van der Waals surface area contributed by atoms with Gasteiger partial charge in [0.25, 0.3) is 0 Å². The highest BCUT2D eigenvalue weighted by molar-refractivity contribution is 5.59. The lowest BCUT2D eigenvalue weighted by Crippen LogP contribution is -2.32. The first-order chi connectivity index (χ1) is 8.36. The van der Waals surface area contributed by atoms with Crippen LogP contribution in [0.4, 0.5) is 18.9 Å². The van der Waals surface area contributed by atoms with Gasteiger partial charge in [-0.15, -0.1) is 0 Å². The summed E-state index contributed by atoms with van der Waals surface area (Å²) in [5, 5.41) is 3.10. The lowest BCUT2D eigenvalue weighted by atomic mass is 10.0. The molecule has 0 amide bonds. The van der Waals surface area contributed by atoms with Crippen molar-refractivity contribution < 1.29 is 17.9 Å². The highest BCUT2D eigenvalue weighted by Gasteiger charge is 2.32. The standard InChI is InChI=1S/C13H16F3NO/c1-8(2)5-10-7-17-11-4-3-9(13(14,15)16)6-12(11)18-10/h3-4,6,8,10,17H,5,7H2,1-2H3. The zero-order valence-corrected chi connectivity index (χ0v) is 10.3. The van der Waals surface area contributed by atoms with E-state index in [0.29, 0.717) is 23.9 Å². The van der Waals surface area contributed by atoms with Crippen molar-refractivity contribution in [1.82, 2.24) is 0 Å².